The summed E-state index contributed by atoms with van der Waals surface area (Å²) in [6, 6.07) is 11.2. The monoisotopic (exact) mass is 468 g/mol. The van der Waals surface area contributed by atoms with Gasteiger partial charge in [-0.3, -0.25) is 4.79 Å². The van der Waals surface area contributed by atoms with Crippen LogP contribution in [0.1, 0.15) is 34.6 Å². The lowest BCUT2D eigenvalue weighted by molar-refractivity contribution is -0.128. The molecule has 2 rings (SSSR count). The second-order valence-corrected chi connectivity index (χ2v) is 9.55. The Bertz CT molecular complexity index is 1000. The van der Waals surface area contributed by atoms with E-state index in [0.29, 0.717) is 36.2 Å². The largest absolute Gasteiger partial charge is 0.492 e. The Hall–Kier alpha value is -2.29. The lowest BCUT2D eigenvalue weighted by Gasteiger charge is -2.26. The van der Waals surface area contributed by atoms with Crippen LogP contribution in [0.5, 0.6) is 11.5 Å². The summed E-state index contributed by atoms with van der Waals surface area (Å²) in [6.07, 6.45) is 0. The van der Waals surface area contributed by atoms with Gasteiger partial charge in [-0.1, -0.05) is 25.4 Å². The molecule has 1 amide bonds. The lowest BCUT2D eigenvalue weighted by Crippen LogP contribution is -2.42. The zero-order chi connectivity index (χ0) is 23.2. The van der Waals surface area contributed by atoms with Crippen molar-refractivity contribution in [1.82, 2.24) is 4.31 Å². The molecule has 31 heavy (non-hydrogen) atoms. The molecule has 0 spiro atoms. The van der Waals surface area contributed by atoms with E-state index in [4.69, 9.17) is 21.1 Å². The summed E-state index contributed by atoms with van der Waals surface area (Å²) in [5.74, 6) is 0.294. The minimum atomic E-state index is -3.79. The number of benzene rings is 2. The molecule has 0 saturated carbocycles. The van der Waals surface area contributed by atoms with Crippen LogP contribution in [0.2, 0.25) is 5.02 Å². The molecule has 2 aromatic carbocycles. The molecule has 0 heterocycles. The summed E-state index contributed by atoms with van der Waals surface area (Å²) in [6.45, 7) is 9.52. The van der Waals surface area contributed by atoms with Crippen molar-refractivity contribution in [2.75, 3.05) is 25.0 Å². The van der Waals surface area contributed by atoms with Crippen molar-refractivity contribution in [2.45, 2.75) is 45.1 Å². The topological polar surface area (TPSA) is 84.9 Å². The number of hydrogen-bond acceptors (Lipinski definition) is 5. The smallest absolute Gasteiger partial charge is 0.267 e. The second kappa shape index (κ2) is 10.3. The first-order valence-electron chi connectivity index (χ1n) is 10.1. The number of amides is 1. The summed E-state index contributed by atoms with van der Waals surface area (Å²) in [7, 11) is -3.79. The van der Waals surface area contributed by atoms with Crippen LogP contribution in [0, 0.1) is 0 Å². The summed E-state index contributed by atoms with van der Waals surface area (Å²) < 4.78 is 38.8. The van der Waals surface area contributed by atoms with Crippen molar-refractivity contribution in [3.8, 4) is 11.5 Å². The number of nitrogens with zero attached hydrogens (tertiary/aromatic N) is 1. The zero-order valence-corrected chi connectivity index (χ0v) is 20.0. The van der Waals surface area contributed by atoms with Crippen LogP contribution in [-0.4, -0.2) is 43.9 Å². The first kappa shape index (κ1) is 25.0. The van der Waals surface area contributed by atoms with Crippen LogP contribution in [0.15, 0.2) is 47.4 Å². The van der Waals surface area contributed by atoms with E-state index in [2.05, 4.69) is 5.32 Å². The molecule has 0 bridgehead atoms. The van der Waals surface area contributed by atoms with Gasteiger partial charge in [-0.15, -0.1) is 0 Å². The molecule has 1 N–H and O–H groups in total. The van der Waals surface area contributed by atoms with Gasteiger partial charge in [-0.05, 0) is 63.2 Å². The first-order valence-corrected chi connectivity index (χ1v) is 11.9. The minimum absolute atomic E-state index is 0.00674. The molecule has 0 atom stereocenters. The highest BCUT2D eigenvalue weighted by molar-refractivity contribution is 7.89. The highest BCUT2D eigenvalue weighted by Gasteiger charge is 2.31. The van der Waals surface area contributed by atoms with Crippen molar-refractivity contribution in [2.24, 2.45) is 0 Å². The molecule has 0 aliphatic carbocycles. The van der Waals surface area contributed by atoms with E-state index in [1.807, 2.05) is 0 Å². The Labute approximate surface area is 189 Å². The van der Waals surface area contributed by atoms with Crippen LogP contribution in [0.3, 0.4) is 0 Å². The van der Waals surface area contributed by atoms with Crippen molar-refractivity contribution in [1.29, 1.82) is 0 Å². The Balaban J connectivity index is 2.32. The standard InChI is InChI=1S/C22H29ClN2O5S/c1-6-25(7-2)31(27,28)20-15-17(11-14-19(20)29-8-3)24-21(26)22(4,5)30-18-12-9-16(23)10-13-18/h9-15H,6-8H2,1-5H3,(H,24,26). The third-order valence-electron chi connectivity index (χ3n) is 4.56. The van der Waals surface area contributed by atoms with Gasteiger partial charge in [0, 0.05) is 23.8 Å². The predicted octanol–water partition coefficient (Wildman–Crippen LogP) is 4.57. The number of rotatable bonds is 10. The fraction of sp³-hybridized carbons (Fsp3) is 0.409. The van der Waals surface area contributed by atoms with Crippen LogP contribution < -0.4 is 14.8 Å². The van der Waals surface area contributed by atoms with E-state index in [9.17, 15) is 13.2 Å². The van der Waals surface area contributed by atoms with Gasteiger partial charge in [0.15, 0.2) is 5.60 Å². The van der Waals surface area contributed by atoms with Gasteiger partial charge in [0.05, 0.1) is 6.61 Å². The predicted molar refractivity (Wildman–Crippen MR) is 123 cm³/mol. The van der Waals surface area contributed by atoms with Gasteiger partial charge in [-0.25, -0.2) is 8.42 Å². The molecule has 9 heteroatoms. The van der Waals surface area contributed by atoms with E-state index in [0.717, 1.165) is 0 Å². The molecule has 0 fully saturated rings. The van der Waals surface area contributed by atoms with E-state index in [1.165, 1.54) is 10.4 Å². The van der Waals surface area contributed by atoms with Gasteiger partial charge in [0.1, 0.15) is 16.4 Å². The molecule has 0 unspecified atom stereocenters. The number of hydrogen-bond donors (Lipinski definition) is 1. The van der Waals surface area contributed by atoms with Gasteiger partial charge in [0.2, 0.25) is 10.0 Å². The number of halogens is 1. The molecule has 0 radical (unpaired) electrons. The molecule has 0 aliphatic heterocycles. The number of nitrogens with one attached hydrogen (secondary N) is 1. The van der Waals surface area contributed by atoms with Crippen molar-refractivity contribution in [3.63, 3.8) is 0 Å². The van der Waals surface area contributed by atoms with Gasteiger partial charge in [0.25, 0.3) is 5.91 Å². The normalized spacial score (nSPS) is 12.0. The fourth-order valence-electron chi connectivity index (χ4n) is 2.89. The molecule has 2 aromatic rings. The Morgan fingerprint density at radius 3 is 2.23 bits per heavy atom. The first-order chi connectivity index (χ1) is 14.5. The number of carbonyl (C=O) groups is 1. The quantitative estimate of drug-likeness (QED) is 0.552. The molecule has 0 saturated heterocycles. The van der Waals surface area contributed by atoms with E-state index in [-0.39, 0.29) is 10.6 Å². The molecule has 170 valence electrons. The maximum absolute atomic E-state index is 13.1. The zero-order valence-electron chi connectivity index (χ0n) is 18.4. The number of anilines is 1. The highest BCUT2D eigenvalue weighted by atomic mass is 35.5. The average molecular weight is 469 g/mol. The minimum Gasteiger partial charge on any atom is -0.492 e. The van der Waals surface area contributed by atoms with Crippen LogP contribution in [-0.2, 0) is 14.8 Å². The SMILES string of the molecule is CCOc1ccc(NC(=O)C(C)(C)Oc2ccc(Cl)cc2)cc1S(=O)(=O)N(CC)CC. The number of carbonyl (C=O) groups excluding carboxylic acids is 1. The highest BCUT2D eigenvalue weighted by Crippen LogP contribution is 2.31. The Morgan fingerprint density at radius 1 is 1.06 bits per heavy atom. The van der Waals surface area contributed by atoms with Crippen molar-refractivity contribution >= 4 is 33.2 Å². The maximum atomic E-state index is 13.1. The molecular weight excluding hydrogens is 440 g/mol. The van der Waals surface area contributed by atoms with Gasteiger partial charge >= 0.3 is 0 Å². The summed E-state index contributed by atoms with van der Waals surface area (Å²) in [5, 5.41) is 3.30. The van der Waals surface area contributed by atoms with Gasteiger partial charge in [-0.2, -0.15) is 4.31 Å². The third kappa shape index (κ3) is 6.12. The van der Waals surface area contributed by atoms with Gasteiger partial charge < -0.3 is 14.8 Å². The summed E-state index contributed by atoms with van der Waals surface area (Å²) in [5.41, 5.74) is -0.892. The lowest BCUT2D eigenvalue weighted by atomic mass is 10.1. The molecule has 7 nitrogen and oxygen atoms in total. The summed E-state index contributed by atoms with van der Waals surface area (Å²) >= 11 is 5.89. The molecule has 0 aromatic heterocycles. The number of ether oxygens (including phenoxy) is 2. The van der Waals surface area contributed by atoms with Crippen LogP contribution in [0.4, 0.5) is 5.69 Å². The molecule has 0 aliphatic rings. The van der Waals surface area contributed by atoms with Crippen LogP contribution in [0.25, 0.3) is 0 Å². The summed E-state index contributed by atoms with van der Waals surface area (Å²) in [4.78, 5) is 12.9. The maximum Gasteiger partial charge on any atom is 0.267 e. The van der Waals surface area contributed by atoms with E-state index in [1.54, 1.807) is 71.0 Å². The van der Waals surface area contributed by atoms with Crippen LogP contribution >= 0.6 is 11.6 Å². The number of sulfonamides is 1. The average Bonchev–Trinajstić information content (AvgIpc) is 2.71. The second-order valence-electron chi connectivity index (χ2n) is 7.20. The van der Waals surface area contributed by atoms with E-state index < -0.39 is 21.5 Å². The fourth-order valence-corrected chi connectivity index (χ4v) is 4.63. The molecular formula is C22H29ClN2O5S. The van der Waals surface area contributed by atoms with E-state index >= 15 is 0 Å². The third-order valence-corrected chi connectivity index (χ3v) is 6.88. The van der Waals surface area contributed by atoms with Crippen molar-refractivity contribution in [3.05, 3.63) is 47.5 Å². The Morgan fingerprint density at radius 2 is 1.68 bits per heavy atom. The Kier molecular flexibility index (Phi) is 8.34. The van der Waals surface area contributed by atoms with Crippen molar-refractivity contribution < 1.29 is 22.7 Å².